The molecule has 0 spiro atoms. The number of H-pyrrole nitrogens is 1. The Morgan fingerprint density at radius 2 is 1.62 bits per heavy atom. The van der Waals surface area contributed by atoms with E-state index in [0.717, 1.165) is 51.6 Å². The molecule has 0 unspecified atom stereocenters. The summed E-state index contributed by atoms with van der Waals surface area (Å²) in [5, 5.41) is 8.26. The summed E-state index contributed by atoms with van der Waals surface area (Å²) in [7, 11) is 1.83. The summed E-state index contributed by atoms with van der Waals surface area (Å²) in [4.78, 5) is 12.9. The van der Waals surface area contributed by atoms with Crippen LogP contribution in [-0.4, -0.2) is 67.1 Å². The number of fused-ring (bicyclic) bond motifs is 1. The Morgan fingerprint density at radius 1 is 0.906 bits per heavy atom. The highest BCUT2D eigenvalue weighted by Crippen LogP contribution is 2.17. The highest BCUT2D eigenvalue weighted by molar-refractivity contribution is 5.83. The molecule has 170 valence electrons. The van der Waals surface area contributed by atoms with Crippen LogP contribution in [0.15, 0.2) is 59.7 Å². The number of hydrogen-bond donors (Lipinski definition) is 3. The molecular formula is C26H36N6. The van der Waals surface area contributed by atoms with E-state index in [-0.39, 0.29) is 0 Å². The minimum absolute atomic E-state index is 0.776. The second-order valence-corrected chi connectivity index (χ2v) is 8.44. The van der Waals surface area contributed by atoms with Crippen molar-refractivity contribution in [3.05, 3.63) is 71.4 Å². The average Bonchev–Trinajstić information content (AvgIpc) is 3.25. The van der Waals surface area contributed by atoms with Gasteiger partial charge < -0.3 is 20.5 Å². The number of piperazine rings is 1. The van der Waals surface area contributed by atoms with E-state index in [1.807, 2.05) is 7.05 Å². The van der Waals surface area contributed by atoms with Gasteiger partial charge in [-0.2, -0.15) is 0 Å². The number of nitrogens with zero attached hydrogens (tertiary/aromatic N) is 3. The highest BCUT2D eigenvalue weighted by atomic mass is 15.3. The first kappa shape index (κ1) is 22.4. The van der Waals surface area contributed by atoms with E-state index >= 15 is 0 Å². The van der Waals surface area contributed by atoms with Gasteiger partial charge in [0.15, 0.2) is 5.96 Å². The summed E-state index contributed by atoms with van der Waals surface area (Å²) in [6, 6.07) is 17.2. The number of para-hydroxylation sites is 1. The Kier molecular flexibility index (Phi) is 7.80. The van der Waals surface area contributed by atoms with Crippen molar-refractivity contribution in [2.45, 2.75) is 26.4 Å². The van der Waals surface area contributed by atoms with Gasteiger partial charge in [-0.15, -0.1) is 0 Å². The van der Waals surface area contributed by atoms with Crippen molar-refractivity contribution in [1.82, 2.24) is 25.4 Å². The van der Waals surface area contributed by atoms with Gasteiger partial charge in [-0.3, -0.25) is 9.89 Å². The zero-order valence-electron chi connectivity index (χ0n) is 19.4. The largest absolute Gasteiger partial charge is 0.361 e. The molecular weight excluding hydrogens is 396 g/mol. The van der Waals surface area contributed by atoms with Crippen molar-refractivity contribution >= 4 is 16.9 Å². The maximum Gasteiger partial charge on any atom is 0.191 e. The molecule has 3 aromatic rings. The molecule has 1 aromatic heterocycles. The first-order valence-electron chi connectivity index (χ1n) is 11.8. The zero-order chi connectivity index (χ0) is 22.2. The molecule has 6 heteroatoms. The molecule has 1 fully saturated rings. The van der Waals surface area contributed by atoms with Gasteiger partial charge in [0, 0.05) is 70.0 Å². The van der Waals surface area contributed by atoms with E-state index in [2.05, 4.69) is 92.1 Å². The predicted molar refractivity (Wildman–Crippen MR) is 134 cm³/mol. The smallest absolute Gasteiger partial charge is 0.191 e. The van der Waals surface area contributed by atoms with E-state index in [0.29, 0.717) is 0 Å². The second-order valence-electron chi connectivity index (χ2n) is 8.44. The number of guanidine groups is 1. The van der Waals surface area contributed by atoms with Crippen LogP contribution in [0.4, 0.5) is 0 Å². The van der Waals surface area contributed by atoms with Crippen LogP contribution >= 0.6 is 0 Å². The number of aromatic nitrogens is 1. The number of hydrogen-bond acceptors (Lipinski definition) is 3. The quantitative estimate of drug-likeness (QED) is 0.378. The molecule has 0 amide bonds. The SMILES string of the molecule is CCN1CCN(Cc2ccccc2CNC(=NC)NCCc2c[nH]c3ccccc23)CC1. The zero-order valence-corrected chi connectivity index (χ0v) is 19.4. The topological polar surface area (TPSA) is 58.7 Å². The standard InChI is InChI=1S/C26H36N6/c1-3-31-14-16-32(17-15-31)20-23-9-5-4-8-21(23)18-30-26(27-2)28-13-12-22-19-29-25-11-7-6-10-24(22)25/h4-11,19,29H,3,12-18,20H2,1-2H3,(H2,27,28,30). The lowest BCUT2D eigenvalue weighted by Gasteiger charge is -2.34. The number of benzene rings is 2. The molecule has 0 atom stereocenters. The first-order valence-corrected chi connectivity index (χ1v) is 11.8. The molecule has 0 aliphatic carbocycles. The number of aromatic amines is 1. The van der Waals surface area contributed by atoms with Gasteiger partial charge in [0.25, 0.3) is 0 Å². The molecule has 1 aliphatic heterocycles. The molecule has 1 aliphatic rings. The molecule has 2 heterocycles. The summed E-state index contributed by atoms with van der Waals surface area (Å²) in [5.74, 6) is 0.844. The lowest BCUT2D eigenvalue weighted by atomic mass is 10.1. The number of nitrogens with one attached hydrogen (secondary N) is 3. The van der Waals surface area contributed by atoms with Crippen molar-refractivity contribution < 1.29 is 0 Å². The summed E-state index contributed by atoms with van der Waals surface area (Å²) < 4.78 is 0. The van der Waals surface area contributed by atoms with Crippen molar-refractivity contribution in [2.24, 2.45) is 4.99 Å². The molecule has 0 bridgehead atoms. The Bertz CT molecular complexity index is 1020. The number of rotatable bonds is 8. The van der Waals surface area contributed by atoms with Gasteiger partial charge in [-0.25, -0.2) is 0 Å². The second kappa shape index (κ2) is 11.2. The molecule has 2 aromatic carbocycles. The molecule has 0 radical (unpaired) electrons. The third kappa shape index (κ3) is 5.69. The van der Waals surface area contributed by atoms with E-state index < -0.39 is 0 Å². The summed E-state index contributed by atoms with van der Waals surface area (Å²) in [6.45, 7) is 10.7. The van der Waals surface area contributed by atoms with Crippen LogP contribution in [0.5, 0.6) is 0 Å². The van der Waals surface area contributed by atoms with Gasteiger partial charge in [0.2, 0.25) is 0 Å². The minimum atomic E-state index is 0.776. The van der Waals surface area contributed by atoms with Gasteiger partial charge in [-0.05, 0) is 35.7 Å². The maximum atomic E-state index is 4.42. The Hall–Kier alpha value is -2.83. The van der Waals surface area contributed by atoms with Crippen LogP contribution in [0.25, 0.3) is 10.9 Å². The Labute approximate surface area is 191 Å². The van der Waals surface area contributed by atoms with Crippen LogP contribution in [-0.2, 0) is 19.5 Å². The average molecular weight is 433 g/mol. The number of likely N-dealkylation sites (N-methyl/N-ethyl adjacent to an activating group) is 1. The van der Waals surface area contributed by atoms with E-state index in [1.165, 1.54) is 40.7 Å². The normalized spacial score (nSPS) is 15.9. The van der Waals surface area contributed by atoms with Gasteiger partial charge >= 0.3 is 0 Å². The van der Waals surface area contributed by atoms with Crippen LogP contribution in [0.3, 0.4) is 0 Å². The van der Waals surface area contributed by atoms with Crippen LogP contribution in [0.2, 0.25) is 0 Å². The van der Waals surface area contributed by atoms with E-state index in [9.17, 15) is 0 Å². The summed E-state index contributed by atoms with van der Waals surface area (Å²) in [6.07, 6.45) is 3.06. The van der Waals surface area contributed by atoms with E-state index in [1.54, 1.807) is 0 Å². The Balaban J connectivity index is 1.28. The summed E-state index contributed by atoms with van der Waals surface area (Å²) >= 11 is 0. The third-order valence-electron chi connectivity index (χ3n) is 6.46. The molecule has 32 heavy (non-hydrogen) atoms. The fourth-order valence-corrected chi connectivity index (χ4v) is 4.44. The van der Waals surface area contributed by atoms with Crippen molar-refractivity contribution in [3.8, 4) is 0 Å². The predicted octanol–water partition coefficient (Wildman–Crippen LogP) is 3.21. The molecule has 1 saturated heterocycles. The van der Waals surface area contributed by atoms with Gasteiger partial charge in [0.1, 0.15) is 0 Å². The summed E-state index contributed by atoms with van der Waals surface area (Å²) in [5.41, 5.74) is 5.26. The third-order valence-corrected chi connectivity index (χ3v) is 6.46. The fraction of sp³-hybridized carbons (Fsp3) is 0.423. The first-order chi connectivity index (χ1) is 15.8. The monoisotopic (exact) mass is 432 g/mol. The van der Waals surface area contributed by atoms with Crippen molar-refractivity contribution in [3.63, 3.8) is 0 Å². The lowest BCUT2D eigenvalue weighted by Crippen LogP contribution is -2.45. The molecule has 3 N–H and O–H groups in total. The van der Waals surface area contributed by atoms with Crippen LogP contribution in [0.1, 0.15) is 23.6 Å². The maximum absolute atomic E-state index is 4.42. The number of aliphatic imine (C=N–C) groups is 1. The van der Waals surface area contributed by atoms with Crippen molar-refractivity contribution in [2.75, 3.05) is 46.3 Å². The van der Waals surface area contributed by atoms with E-state index in [4.69, 9.17) is 0 Å². The minimum Gasteiger partial charge on any atom is -0.361 e. The Morgan fingerprint density at radius 3 is 2.41 bits per heavy atom. The highest BCUT2D eigenvalue weighted by Gasteiger charge is 2.16. The van der Waals surface area contributed by atoms with Crippen molar-refractivity contribution in [1.29, 1.82) is 0 Å². The van der Waals surface area contributed by atoms with Crippen LogP contribution < -0.4 is 10.6 Å². The fourth-order valence-electron chi connectivity index (χ4n) is 4.44. The molecule has 6 nitrogen and oxygen atoms in total. The van der Waals surface area contributed by atoms with Gasteiger partial charge in [-0.1, -0.05) is 49.4 Å². The lowest BCUT2D eigenvalue weighted by molar-refractivity contribution is 0.131. The molecule has 4 rings (SSSR count). The van der Waals surface area contributed by atoms with Gasteiger partial charge in [0.05, 0.1) is 0 Å². The molecule has 0 saturated carbocycles. The van der Waals surface area contributed by atoms with Crippen LogP contribution in [0, 0.1) is 0 Å².